The zero-order chi connectivity index (χ0) is 19.5. The Hall–Kier alpha value is -2.18. The number of nitrogens with zero attached hydrogens (tertiary/aromatic N) is 3. The first kappa shape index (κ1) is 19.2. The number of hydrogen-bond donors (Lipinski definition) is 2. The lowest BCUT2D eigenvalue weighted by molar-refractivity contribution is 0.167. The summed E-state index contributed by atoms with van der Waals surface area (Å²) in [6.07, 6.45) is 3.51. The maximum absolute atomic E-state index is 10.4. The molecule has 148 valence electrons. The zero-order valence-corrected chi connectivity index (χ0v) is 17.2. The third-order valence-electron chi connectivity index (χ3n) is 5.78. The minimum absolute atomic E-state index is 0.289. The summed E-state index contributed by atoms with van der Waals surface area (Å²) in [5.41, 5.74) is 2.95. The van der Waals surface area contributed by atoms with Gasteiger partial charge in [-0.25, -0.2) is 4.98 Å². The molecule has 0 spiro atoms. The molecular weight excluding hydrogens is 368 g/mol. The Morgan fingerprint density at radius 1 is 1.21 bits per heavy atom. The Kier molecular flexibility index (Phi) is 5.78. The Bertz CT molecular complexity index is 852. The molecule has 2 N–H and O–H groups in total. The summed E-state index contributed by atoms with van der Waals surface area (Å²) in [6.45, 7) is 6.55. The molecule has 28 heavy (non-hydrogen) atoms. The molecule has 2 aliphatic heterocycles. The van der Waals surface area contributed by atoms with Crippen LogP contribution in [-0.4, -0.2) is 51.9 Å². The first-order valence-electron chi connectivity index (χ1n) is 10.0. The van der Waals surface area contributed by atoms with Gasteiger partial charge in [0, 0.05) is 24.2 Å². The number of amidine groups is 1. The van der Waals surface area contributed by atoms with Crippen molar-refractivity contribution < 1.29 is 5.11 Å². The molecule has 4 rings (SSSR count). The van der Waals surface area contributed by atoms with Gasteiger partial charge in [0.25, 0.3) is 0 Å². The molecule has 5 nitrogen and oxygen atoms in total. The van der Waals surface area contributed by atoms with Crippen LogP contribution in [0.25, 0.3) is 5.57 Å². The van der Waals surface area contributed by atoms with Crippen molar-refractivity contribution >= 4 is 22.7 Å². The lowest BCUT2D eigenvalue weighted by Gasteiger charge is -2.33. The molecule has 3 heterocycles. The second-order valence-corrected chi connectivity index (χ2v) is 8.74. The number of likely N-dealkylation sites (tertiary alicyclic amines) is 1. The standard InChI is InChI=1S/C22H28N4OS/c1-16-15-28-22(24-16)20-19(27)14-26(21(20)23)12-9-17-7-10-25(11-8-17)13-18-5-3-2-4-6-18/h2-6,15,17,23,27H,7-14H2,1H3. The molecule has 2 aliphatic rings. The highest BCUT2D eigenvalue weighted by Gasteiger charge is 2.30. The second kappa shape index (κ2) is 8.45. The number of piperidine rings is 1. The molecular formula is C22H28N4OS. The Morgan fingerprint density at radius 2 is 1.96 bits per heavy atom. The van der Waals surface area contributed by atoms with Gasteiger partial charge < -0.3 is 10.0 Å². The van der Waals surface area contributed by atoms with E-state index in [1.54, 1.807) is 0 Å². The van der Waals surface area contributed by atoms with Gasteiger partial charge in [-0.1, -0.05) is 30.3 Å². The summed E-state index contributed by atoms with van der Waals surface area (Å²) in [7, 11) is 0. The van der Waals surface area contributed by atoms with Crippen LogP contribution in [0.3, 0.4) is 0 Å². The van der Waals surface area contributed by atoms with Crippen molar-refractivity contribution in [1.29, 1.82) is 5.41 Å². The van der Waals surface area contributed by atoms with Crippen molar-refractivity contribution in [2.45, 2.75) is 32.7 Å². The predicted molar refractivity (Wildman–Crippen MR) is 115 cm³/mol. The lowest BCUT2D eigenvalue weighted by atomic mass is 9.93. The van der Waals surface area contributed by atoms with E-state index in [-0.39, 0.29) is 5.76 Å². The fourth-order valence-electron chi connectivity index (χ4n) is 4.13. The van der Waals surface area contributed by atoms with Crippen LogP contribution in [-0.2, 0) is 6.54 Å². The molecule has 1 fully saturated rings. The van der Waals surface area contributed by atoms with Crippen LogP contribution in [0, 0.1) is 18.3 Å². The molecule has 0 atom stereocenters. The van der Waals surface area contributed by atoms with E-state index in [1.165, 1.54) is 29.7 Å². The van der Waals surface area contributed by atoms with Gasteiger partial charge >= 0.3 is 0 Å². The number of aryl methyl sites for hydroxylation is 1. The van der Waals surface area contributed by atoms with Gasteiger partial charge in [-0.15, -0.1) is 11.3 Å². The Labute approximate surface area is 170 Å². The molecule has 6 heteroatoms. The number of rotatable bonds is 6. The molecule has 0 saturated carbocycles. The van der Waals surface area contributed by atoms with Gasteiger partial charge in [-0.3, -0.25) is 10.3 Å². The first-order chi connectivity index (χ1) is 13.6. The Morgan fingerprint density at radius 3 is 2.64 bits per heavy atom. The third kappa shape index (κ3) is 4.28. The number of benzene rings is 1. The first-order valence-corrected chi connectivity index (χ1v) is 10.9. The van der Waals surface area contributed by atoms with E-state index in [4.69, 9.17) is 5.41 Å². The summed E-state index contributed by atoms with van der Waals surface area (Å²) in [5, 5.41) is 21.6. The van der Waals surface area contributed by atoms with Crippen molar-refractivity contribution in [2.24, 2.45) is 5.92 Å². The zero-order valence-electron chi connectivity index (χ0n) is 16.4. The fourth-order valence-corrected chi connectivity index (χ4v) is 5.00. The van der Waals surface area contributed by atoms with Crippen molar-refractivity contribution in [3.8, 4) is 0 Å². The number of aliphatic hydroxyl groups is 1. The van der Waals surface area contributed by atoms with E-state index >= 15 is 0 Å². The van der Waals surface area contributed by atoms with E-state index in [2.05, 4.69) is 40.2 Å². The number of aliphatic hydroxyl groups excluding tert-OH is 1. The summed E-state index contributed by atoms with van der Waals surface area (Å²) in [5.74, 6) is 1.42. The quantitative estimate of drug-likeness (QED) is 0.763. The van der Waals surface area contributed by atoms with Gasteiger partial charge in [-0.2, -0.15) is 0 Å². The van der Waals surface area contributed by atoms with E-state index in [1.807, 2.05) is 17.2 Å². The van der Waals surface area contributed by atoms with Gasteiger partial charge in [0.05, 0.1) is 12.1 Å². The van der Waals surface area contributed by atoms with Gasteiger partial charge in [-0.05, 0) is 50.8 Å². The largest absolute Gasteiger partial charge is 0.510 e. The maximum Gasteiger partial charge on any atom is 0.135 e. The van der Waals surface area contributed by atoms with E-state index < -0.39 is 0 Å². The van der Waals surface area contributed by atoms with Crippen LogP contribution in [0.4, 0.5) is 0 Å². The van der Waals surface area contributed by atoms with Gasteiger partial charge in [0.15, 0.2) is 0 Å². The molecule has 1 saturated heterocycles. The highest BCUT2D eigenvalue weighted by atomic mass is 32.1. The van der Waals surface area contributed by atoms with E-state index in [0.29, 0.717) is 23.9 Å². The molecule has 0 aliphatic carbocycles. The minimum atomic E-state index is 0.289. The normalized spacial score (nSPS) is 19.0. The monoisotopic (exact) mass is 396 g/mol. The molecule has 2 aromatic rings. The van der Waals surface area contributed by atoms with Crippen LogP contribution < -0.4 is 0 Å². The maximum atomic E-state index is 10.4. The lowest BCUT2D eigenvalue weighted by Crippen LogP contribution is -2.35. The third-order valence-corrected chi connectivity index (χ3v) is 6.76. The highest BCUT2D eigenvalue weighted by molar-refractivity contribution is 7.11. The van der Waals surface area contributed by atoms with Crippen molar-refractivity contribution in [1.82, 2.24) is 14.8 Å². The average Bonchev–Trinajstić information content (AvgIpc) is 3.24. The second-order valence-electron chi connectivity index (χ2n) is 7.88. The van der Waals surface area contributed by atoms with Gasteiger partial charge in [0.2, 0.25) is 0 Å². The molecule has 0 bridgehead atoms. The number of aromatic nitrogens is 1. The average molecular weight is 397 g/mol. The Balaban J connectivity index is 1.24. The summed E-state index contributed by atoms with van der Waals surface area (Å²) in [6, 6.07) is 10.7. The topological polar surface area (TPSA) is 63.5 Å². The van der Waals surface area contributed by atoms with Crippen LogP contribution in [0.15, 0.2) is 41.5 Å². The highest BCUT2D eigenvalue weighted by Crippen LogP contribution is 2.30. The minimum Gasteiger partial charge on any atom is -0.510 e. The summed E-state index contributed by atoms with van der Waals surface area (Å²) >= 11 is 1.50. The van der Waals surface area contributed by atoms with Crippen molar-refractivity contribution in [2.75, 3.05) is 26.2 Å². The van der Waals surface area contributed by atoms with Crippen LogP contribution in [0.2, 0.25) is 0 Å². The van der Waals surface area contributed by atoms with Crippen molar-refractivity contribution in [3.63, 3.8) is 0 Å². The van der Waals surface area contributed by atoms with Crippen LogP contribution in [0.1, 0.15) is 35.5 Å². The molecule has 0 radical (unpaired) electrons. The summed E-state index contributed by atoms with van der Waals surface area (Å²) < 4.78 is 0. The molecule has 1 aromatic heterocycles. The fraction of sp³-hybridized carbons (Fsp3) is 0.455. The van der Waals surface area contributed by atoms with Crippen LogP contribution in [0.5, 0.6) is 0 Å². The number of nitrogens with one attached hydrogen (secondary N) is 1. The number of hydrogen-bond acceptors (Lipinski definition) is 5. The van der Waals surface area contributed by atoms with Crippen LogP contribution >= 0.6 is 11.3 Å². The van der Waals surface area contributed by atoms with Crippen molar-refractivity contribution in [3.05, 3.63) is 57.7 Å². The van der Waals surface area contributed by atoms with Gasteiger partial charge in [0.1, 0.15) is 16.6 Å². The summed E-state index contributed by atoms with van der Waals surface area (Å²) in [4.78, 5) is 8.99. The SMILES string of the molecule is Cc1csc(C2=C(O)CN(CCC3CCN(Cc4ccccc4)CC3)C2=N)n1. The smallest absolute Gasteiger partial charge is 0.135 e. The predicted octanol–water partition coefficient (Wildman–Crippen LogP) is 4.32. The molecule has 0 amide bonds. The molecule has 1 aromatic carbocycles. The molecule has 0 unspecified atom stereocenters. The van der Waals surface area contributed by atoms with E-state index in [9.17, 15) is 5.11 Å². The van der Waals surface area contributed by atoms with E-state index in [0.717, 1.165) is 43.3 Å². The number of thiazole rings is 1.